The van der Waals surface area contributed by atoms with Gasteiger partial charge in [0.1, 0.15) is 5.75 Å². The molecule has 5 heteroatoms. The van der Waals surface area contributed by atoms with Crippen molar-refractivity contribution in [2.45, 2.75) is 20.4 Å². The lowest BCUT2D eigenvalue weighted by atomic mass is 10.1. The van der Waals surface area contributed by atoms with Crippen molar-refractivity contribution in [1.82, 2.24) is 4.90 Å². The standard InChI is InChI=1S/C21H25NO4/c1-15-10-11-18(12-19(15)25-3)20(23)22(13-16(2)21(24)26-4)14-17-8-6-5-7-9-17/h5-12,16H,13-14H2,1-4H3. The summed E-state index contributed by atoms with van der Waals surface area (Å²) in [7, 11) is 2.94. The molecule has 0 aromatic heterocycles. The first-order chi connectivity index (χ1) is 12.5. The fraction of sp³-hybridized carbons (Fsp3) is 0.333. The van der Waals surface area contributed by atoms with Crippen LogP contribution in [-0.4, -0.2) is 37.5 Å². The molecule has 1 amide bonds. The largest absolute Gasteiger partial charge is 0.496 e. The number of carbonyl (C=O) groups excluding carboxylic acids is 2. The van der Waals surface area contributed by atoms with Crippen molar-refractivity contribution >= 4 is 11.9 Å². The van der Waals surface area contributed by atoms with E-state index in [2.05, 4.69) is 0 Å². The maximum atomic E-state index is 13.1. The molecule has 1 unspecified atom stereocenters. The molecule has 138 valence electrons. The van der Waals surface area contributed by atoms with Crippen molar-refractivity contribution in [3.63, 3.8) is 0 Å². The van der Waals surface area contributed by atoms with E-state index in [0.29, 0.717) is 17.9 Å². The molecule has 0 fully saturated rings. The number of hydrogen-bond donors (Lipinski definition) is 0. The lowest BCUT2D eigenvalue weighted by Gasteiger charge is -2.25. The van der Waals surface area contributed by atoms with E-state index in [1.807, 2.05) is 43.3 Å². The molecular formula is C21H25NO4. The van der Waals surface area contributed by atoms with E-state index in [1.54, 1.807) is 31.1 Å². The van der Waals surface area contributed by atoms with Crippen LogP contribution in [0.5, 0.6) is 5.75 Å². The number of carbonyl (C=O) groups is 2. The first-order valence-corrected chi connectivity index (χ1v) is 8.52. The molecule has 0 aliphatic carbocycles. The van der Waals surface area contributed by atoms with Crippen molar-refractivity contribution in [2.24, 2.45) is 5.92 Å². The summed E-state index contributed by atoms with van der Waals surface area (Å²) < 4.78 is 10.1. The average molecular weight is 355 g/mol. The fourth-order valence-corrected chi connectivity index (χ4v) is 2.76. The normalized spacial score (nSPS) is 11.5. The van der Waals surface area contributed by atoms with Gasteiger partial charge in [0.2, 0.25) is 0 Å². The lowest BCUT2D eigenvalue weighted by Crippen LogP contribution is -2.36. The molecule has 0 spiro atoms. The van der Waals surface area contributed by atoms with Gasteiger partial charge in [-0.3, -0.25) is 9.59 Å². The molecule has 0 aliphatic rings. The second-order valence-electron chi connectivity index (χ2n) is 6.28. The number of methoxy groups -OCH3 is 2. The number of amides is 1. The van der Waals surface area contributed by atoms with Crippen molar-refractivity contribution in [3.05, 3.63) is 65.2 Å². The van der Waals surface area contributed by atoms with Crippen LogP contribution < -0.4 is 4.74 Å². The highest BCUT2D eigenvalue weighted by atomic mass is 16.5. The minimum absolute atomic E-state index is 0.150. The molecule has 0 saturated carbocycles. The second-order valence-corrected chi connectivity index (χ2v) is 6.28. The maximum absolute atomic E-state index is 13.1. The fourth-order valence-electron chi connectivity index (χ4n) is 2.76. The van der Waals surface area contributed by atoms with Gasteiger partial charge in [-0.2, -0.15) is 0 Å². The second kappa shape index (κ2) is 9.04. The average Bonchev–Trinajstić information content (AvgIpc) is 2.67. The summed E-state index contributed by atoms with van der Waals surface area (Å²) in [5, 5.41) is 0. The van der Waals surface area contributed by atoms with Gasteiger partial charge in [0.15, 0.2) is 0 Å². The van der Waals surface area contributed by atoms with E-state index >= 15 is 0 Å². The molecule has 0 radical (unpaired) electrons. The Balaban J connectivity index is 2.29. The van der Waals surface area contributed by atoms with E-state index < -0.39 is 5.92 Å². The third-order valence-corrected chi connectivity index (χ3v) is 4.26. The van der Waals surface area contributed by atoms with Gasteiger partial charge in [-0.25, -0.2) is 0 Å². The molecule has 26 heavy (non-hydrogen) atoms. The first-order valence-electron chi connectivity index (χ1n) is 8.52. The van der Waals surface area contributed by atoms with Crippen LogP contribution in [-0.2, 0) is 16.1 Å². The summed E-state index contributed by atoms with van der Waals surface area (Å²) in [6.45, 7) is 4.37. The summed E-state index contributed by atoms with van der Waals surface area (Å²) in [4.78, 5) is 26.6. The summed E-state index contributed by atoms with van der Waals surface area (Å²) >= 11 is 0. The highest BCUT2D eigenvalue weighted by molar-refractivity contribution is 5.95. The van der Waals surface area contributed by atoms with Gasteiger partial charge in [0, 0.05) is 18.7 Å². The van der Waals surface area contributed by atoms with Gasteiger partial charge in [0.05, 0.1) is 20.1 Å². The first kappa shape index (κ1) is 19.5. The molecule has 1 atom stereocenters. The maximum Gasteiger partial charge on any atom is 0.310 e. The van der Waals surface area contributed by atoms with Crippen molar-refractivity contribution in [3.8, 4) is 5.75 Å². The zero-order valence-electron chi connectivity index (χ0n) is 15.7. The third kappa shape index (κ3) is 4.85. The zero-order chi connectivity index (χ0) is 19.1. The molecule has 5 nitrogen and oxygen atoms in total. The molecule has 0 N–H and O–H groups in total. The Bertz CT molecular complexity index is 758. The van der Waals surface area contributed by atoms with E-state index in [4.69, 9.17) is 9.47 Å². The summed E-state index contributed by atoms with van der Waals surface area (Å²) in [5.74, 6) is -0.239. The highest BCUT2D eigenvalue weighted by Gasteiger charge is 2.23. The van der Waals surface area contributed by atoms with Crippen LogP contribution in [0.25, 0.3) is 0 Å². The van der Waals surface area contributed by atoms with E-state index in [1.165, 1.54) is 7.11 Å². The summed E-state index contributed by atoms with van der Waals surface area (Å²) in [6.07, 6.45) is 0. The summed E-state index contributed by atoms with van der Waals surface area (Å²) in [5.41, 5.74) is 2.49. The molecule has 2 rings (SSSR count). The van der Waals surface area contributed by atoms with Crippen molar-refractivity contribution in [1.29, 1.82) is 0 Å². The SMILES string of the molecule is COC(=O)C(C)CN(Cc1ccccc1)C(=O)c1ccc(C)c(OC)c1. The lowest BCUT2D eigenvalue weighted by molar-refractivity contribution is -0.145. The third-order valence-electron chi connectivity index (χ3n) is 4.26. The van der Waals surface area contributed by atoms with Gasteiger partial charge in [-0.05, 0) is 30.2 Å². The van der Waals surface area contributed by atoms with Gasteiger partial charge in [-0.1, -0.05) is 43.3 Å². The molecule has 0 saturated heterocycles. The molecule has 2 aromatic rings. The topological polar surface area (TPSA) is 55.8 Å². The van der Waals surface area contributed by atoms with Crippen LogP contribution in [0.15, 0.2) is 48.5 Å². The molecule has 0 aliphatic heterocycles. The predicted molar refractivity (Wildman–Crippen MR) is 100 cm³/mol. The van der Waals surface area contributed by atoms with E-state index in [-0.39, 0.29) is 18.4 Å². The van der Waals surface area contributed by atoms with Crippen molar-refractivity contribution in [2.75, 3.05) is 20.8 Å². The van der Waals surface area contributed by atoms with Crippen LogP contribution in [0, 0.1) is 12.8 Å². The van der Waals surface area contributed by atoms with Crippen LogP contribution in [0.3, 0.4) is 0 Å². The van der Waals surface area contributed by atoms with Crippen LogP contribution in [0.2, 0.25) is 0 Å². The van der Waals surface area contributed by atoms with E-state index in [9.17, 15) is 9.59 Å². The van der Waals surface area contributed by atoms with Crippen LogP contribution in [0.4, 0.5) is 0 Å². The van der Waals surface area contributed by atoms with Gasteiger partial charge in [-0.15, -0.1) is 0 Å². The Morgan fingerprint density at radius 1 is 1.08 bits per heavy atom. The number of hydrogen-bond acceptors (Lipinski definition) is 4. The minimum Gasteiger partial charge on any atom is -0.496 e. The van der Waals surface area contributed by atoms with E-state index in [0.717, 1.165) is 11.1 Å². The van der Waals surface area contributed by atoms with Crippen LogP contribution >= 0.6 is 0 Å². The number of ether oxygens (including phenoxy) is 2. The predicted octanol–water partition coefficient (Wildman–Crippen LogP) is 3.46. The Hall–Kier alpha value is -2.82. The van der Waals surface area contributed by atoms with Gasteiger partial charge in [0.25, 0.3) is 5.91 Å². The van der Waals surface area contributed by atoms with Crippen LogP contribution in [0.1, 0.15) is 28.4 Å². The number of esters is 1. The summed E-state index contributed by atoms with van der Waals surface area (Å²) in [6, 6.07) is 15.1. The molecule has 0 bridgehead atoms. The molecule has 2 aromatic carbocycles. The Morgan fingerprint density at radius 2 is 1.77 bits per heavy atom. The van der Waals surface area contributed by atoms with Gasteiger partial charge >= 0.3 is 5.97 Å². The molecular weight excluding hydrogens is 330 g/mol. The Morgan fingerprint density at radius 3 is 2.38 bits per heavy atom. The smallest absolute Gasteiger partial charge is 0.310 e. The Kier molecular flexibility index (Phi) is 6.78. The number of rotatable bonds is 7. The quantitative estimate of drug-likeness (QED) is 0.714. The minimum atomic E-state index is -0.417. The van der Waals surface area contributed by atoms with Gasteiger partial charge < -0.3 is 14.4 Å². The Labute approximate surface area is 154 Å². The zero-order valence-corrected chi connectivity index (χ0v) is 15.7. The number of aryl methyl sites for hydroxylation is 1. The molecule has 0 heterocycles. The monoisotopic (exact) mass is 355 g/mol. The van der Waals surface area contributed by atoms with Crippen molar-refractivity contribution < 1.29 is 19.1 Å². The number of nitrogens with zero attached hydrogens (tertiary/aromatic N) is 1. The number of benzene rings is 2. The highest BCUT2D eigenvalue weighted by Crippen LogP contribution is 2.21.